The predicted octanol–water partition coefficient (Wildman–Crippen LogP) is 10.4. The molecule has 0 saturated heterocycles. The summed E-state index contributed by atoms with van der Waals surface area (Å²) in [6.45, 7) is 3.12. The van der Waals surface area contributed by atoms with E-state index in [0.717, 1.165) is 12.8 Å². The third-order valence-electron chi connectivity index (χ3n) is 8.50. The zero-order valence-electron chi connectivity index (χ0n) is 29.9. The number of phosphoric ester groups is 1. The Balaban J connectivity index is 3.34. The molecule has 0 aromatic carbocycles. The Morgan fingerprint density at radius 2 is 0.886 bits per heavy atom. The first-order chi connectivity index (χ1) is 21.2. The van der Waals surface area contributed by atoms with Crippen LogP contribution in [-0.2, 0) is 18.3 Å². The molecule has 0 amide bonds. The van der Waals surface area contributed by atoms with E-state index in [-0.39, 0.29) is 19.8 Å². The van der Waals surface area contributed by atoms with Gasteiger partial charge in [0.15, 0.2) is 0 Å². The normalized spacial score (nSPS) is 14.2. The van der Waals surface area contributed by atoms with Crippen molar-refractivity contribution in [1.82, 2.24) is 0 Å². The molecule has 0 aromatic rings. The van der Waals surface area contributed by atoms with Crippen molar-refractivity contribution >= 4 is 7.82 Å². The van der Waals surface area contributed by atoms with Crippen molar-refractivity contribution in [2.24, 2.45) is 0 Å². The highest BCUT2D eigenvalue weighted by molar-refractivity contribution is 7.47. The average molecular weight is 651 g/mol. The third kappa shape index (κ3) is 34.9. The monoisotopic (exact) mass is 651 g/mol. The summed E-state index contributed by atoms with van der Waals surface area (Å²) in [5.41, 5.74) is 0. The van der Waals surface area contributed by atoms with Gasteiger partial charge in [0.2, 0.25) is 0 Å². The van der Waals surface area contributed by atoms with Crippen molar-refractivity contribution in [3.8, 4) is 0 Å². The van der Waals surface area contributed by atoms with Crippen molar-refractivity contribution in [2.75, 3.05) is 54.1 Å². The van der Waals surface area contributed by atoms with Gasteiger partial charge in [-0.05, 0) is 6.42 Å². The van der Waals surface area contributed by atoms with Gasteiger partial charge in [0.25, 0.3) is 0 Å². The topological polar surface area (TPSA) is 85.2 Å². The zero-order chi connectivity index (χ0) is 32.6. The number of quaternary nitrogens is 1. The Morgan fingerprint density at radius 1 is 0.545 bits per heavy atom. The number of phosphoric acid groups is 1. The van der Waals surface area contributed by atoms with Crippen molar-refractivity contribution in [3.63, 3.8) is 0 Å². The molecule has 0 aromatic heterocycles. The maximum Gasteiger partial charge on any atom is 0.472 e. The van der Waals surface area contributed by atoms with Crippen LogP contribution in [-0.4, -0.2) is 74.7 Å². The van der Waals surface area contributed by atoms with Gasteiger partial charge in [0, 0.05) is 6.61 Å². The fourth-order valence-electron chi connectivity index (χ4n) is 5.47. The molecule has 0 aliphatic carbocycles. The number of aliphatic hydroxyl groups excluding tert-OH is 1. The average Bonchev–Trinajstić information content (AvgIpc) is 2.97. The molecular weight excluding hydrogens is 573 g/mol. The quantitative estimate of drug-likeness (QED) is 0.0399. The molecule has 44 heavy (non-hydrogen) atoms. The smallest absolute Gasteiger partial charge is 0.394 e. The van der Waals surface area contributed by atoms with Crippen LogP contribution in [0.1, 0.15) is 174 Å². The molecule has 2 N–H and O–H groups in total. The molecule has 0 aliphatic heterocycles. The van der Waals surface area contributed by atoms with Gasteiger partial charge in [0.05, 0.1) is 34.4 Å². The Kier molecular flexibility index (Phi) is 31.6. The summed E-state index contributed by atoms with van der Waals surface area (Å²) in [7, 11) is 1.80. The Bertz CT molecular complexity index is 630. The highest BCUT2D eigenvalue weighted by atomic mass is 31.2. The molecule has 7 nitrogen and oxygen atoms in total. The lowest BCUT2D eigenvalue weighted by Gasteiger charge is -2.24. The molecule has 0 heterocycles. The van der Waals surface area contributed by atoms with Crippen molar-refractivity contribution < 1.29 is 32.8 Å². The number of rotatable bonds is 36. The van der Waals surface area contributed by atoms with E-state index in [1.165, 1.54) is 154 Å². The number of ether oxygens (including phenoxy) is 1. The largest absolute Gasteiger partial charge is 0.472 e. The van der Waals surface area contributed by atoms with Crippen LogP contribution in [0.4, 0.5) is 0 Å². The Labute approximate surface area is 274 Å². The predicted molar refractivity (Wildman–Crippen MR) is 187 cm³/mol. The van der Waals surface area contributed by atoms with Gasteiger partial charge in [-0.15, -0.1) is 0 Å². The molecule has 0 fully saturated rings. The van der Waals surface area contributed by atoms with Crippen LogP contribution in [0.3, 0.4) is 0 Å². The van der Waals surface area contributed by atoms with E-state index in [9.17, 15) is 14.6 Å². The van der Waals surface area contributed by atoms with E-state index in [1.807, 2.05) is 21.1 Å². The number of likely N-dealkylation sites (N-methyl/N-ethyl adjacent to an activating group) is 1. The van der Waals surface area contributed by atoms with Gasteiger partial charge >= 0.3 is 7.82 Å². The van der Waals surface area contributed by atoms with Gasteiger partial charge in [-0.25, -0.2) is 4.57 Å². The van der Waals surface area contributed by atoms with Gasteiger partial charge in [-0.3, -0.25) is 9.05 Å². The maximum atomic E-state index is 12.0. The fourth-order valence-corrected chi connectivity index (χ4v) is 6.21. The Hall–Kier alpha value is -0.0100. The van der Waals surface area contributed by atoms with Crippen LogP contribution >= 0.6 is 7.82 Å². The SMILES string of the molecule is CCCCCCCCCCCCCCCCCCCCCCCCCCCCO[C@H](CO)COP(=O)(O)OCC[N+](C)(C)C. The first-order valence-electron chi connectivity index (χ1n) is 18.8. The number of aliphatic hydroxyl groups is 1. The van der Waals surface area contributed by atoms with E-state index >= 15 is 0 Å². The van der Waals surface area contributed by atoms with Crippen LogP contribution in [0.5, 0.6) is 0 Å². The van der Waals surface area contributed by atoms with E-state index in [0.29, 0.717) is 17.6 Å². The van der Waals surface area contributed by atoms with Crippen LogP contribution in [0, 0.1) is 0 Å². The molecule has 8 heteroatoms. The fraction of sp³-hybridized carbons (Fsp3) is 1.00. The van der Waals surface area contributed by atoms with Crippen molar-refractivity contribution in [2.45, 2.75) is 180 Å². The van der Waals surface area contributed by atoms with Gasteiger partial charge in [-0.2, -0.15) is 0 Å². The summed E-state index contributed by atoms with van der Waals surface area (Å²) in [6, 6.07) is 0. The second-order valence-electron chi connectivity index (χ2n) is 14.1. The van der Waals surface area contributed by atoms with Crippen LogP contribution in [0.2, 0.25) is 0 Å². The molecule has 0 rings (SSSR count). The lowest BCUT2D eigenvalue weighted by molar-refractivity contribution is -0.870. The van der Waals surface area contributed by atoms with E-state index in [2.05, 4.69) is 6.92 Å². The minimum atomic E-state index is -4.13. The molecular formula is C36H77NO6P+. The molecule has 0 spiro atoms. The summed E-state index contributed by atoms with van der Waals surface area (Å²) >= 11 is 0. The van der Waals surface area contributed by atoms with Gasteiger partial charge < -0.3 is 19.2 Å². The second kappa shape index (κ2) is 31.6. The first-order valence-corrected chi connectivity index (χ1v) is 20.3. The number of hydrogen-bond acceptors (Lipinski definition) is 5. The van der Waals surface area contributed by atoms with Gasteiger partial charge in [0.1, 0.15) is 19.3 Å². The van der Waals surface area contributed by atoms with Crippen LogP contribution in [0.25, 0.3) is 0 Å². The standard InChI is InChI=1S/C36H76NO6P/c1-5-6-7-8-9-10-11-12-13-14-15-16-17-18-19-20-21-22-23-24-25-26-27-28-29-30-32-41-36(34-38)35-43-44(39,40)42-33-31-37(2,3)4/h36,38H,5-35H2,1-4H3/p+1/t36-/m1/s1. The summed E-state index contributed by atoms with van der Waals surface area (Å²) < 4.78 is 28.3. The highest BCUT2D eigenvalue weighted by Crippen LogP contribution is 2.43. The lowest BCUT2D eigenvalue weighted by Crippen LogP contribution is -2.37. The number of unbranched alkanes of at least 4 members (excludes halogenated alkanes) is 25. The molecule has 2 atom stereocenters. The van der Waals surface area contributed by atoms with Crippen molar-refractivity contribution in [1.29, 1.82) is 0 Å². The minimum Gasteiger partial charge on any atom is -0.394 e. The summed E-state index contributed by atoms with van der Waals surface area (Å²) in [6.07, 6.45) is 35.2. The summed E-state index contributed by atoms with van der Waals surface area (Å²) in [5, 5.41) is 9.48. The molecule has 266 valence electrons. The summed E-state index contributed by atoms with van der Waals surface area (Å²) in [5.74, 6) is 0. The van der Waals surface area contributed by atoms with Crippen LogP contribution < -0.4 is 0 Å². The number of hydrogen-bond donors (Lipinski definition) is 2. The molecule has 0 bridgehead atoms. The second-order valence-corrected chi connectivity index (χ2v) is 15.6. The van der Waals surface area contributed by atoms with Crippen molar-refractivity contribution in [3.05, 3.63) is 0 Å². The summed E-state index contributed by atoms with van der Waals surface area (Å²) in [4.78, 5) is 9.80. The highest BCUT2D eigenvalue weighted by Gasteiger charge is 2.24. The van der Waals surface area contributed by atoms with E-state index < -0.39 is 13.9 Å². The molecule has 0 saturated carbocycles. The third-order valence-corrected chi connectivity index (χ3v) is 9.48. The van der Waals surface area contributed by atoms with E-state index in [1.54, 1.807) is 0 Å². The first kappa shape index (κ1) is 44.0. The molecule has 0 aliphatic rings. The van der Waals surface area contributed by atoms with Crippen LogP contribution in [0.15, 0.2) is 0 Å². The molecule has 1 unspecified atom stereocenters. The maximum absolute atomic E-state index is 12.0. The Morgan fingerprint density at radius 3 is 1.20 bits per heavy atom. The number of nitrogens with zero attached hydrogens (tertiary/aromatic N) is 1. The lowest BCUT2D eigenvalue weighted by atomic mass is 10.0. The zero-order valence-corrected chi connectivity index (χ0v) is 30.8. The molecule has 0 radical (unpaired) electrons. The van der Waals surface area contributed by atoms with E-state index in [4.69, 9.17) is 13.8 Å². The van der Waals surface area contributed by atoms with Gasteiger partial charge in [-0.1, -0.05) is 167 Å². The minimum absolute atomic E-state index is 0.127.